The van der Waals surface area contributed by atoms with Crippen molar-refractivity contribution in [2.45, 2.75) is 26.3 Å². The Bertz CT molecular complexity index is 1420. The SMILES string of the molecule is Cc1cn2nc(-c3cc(=O)n4cc(N5CCC(N(C)C(=O)O)C5)ccc4n3)cc2c(C)n1. The molecular formula is C22H23N7O3. The van der Waals surface area contributed by atoms with Crippen LogP contribution in [-0.4, -0.2) is 66.3 Å². The number of anilines is 1. The van der Waals surface area contributed by atoms with Crippen molar-refractivity contribution in [3.05, 3.63) is 58.4 Å². The fraction of sp³-hybridized carbons (Fsp3) is 0.318. The summed E-state index contributed by atoms with van der Waals surface area (Å²) in [6.07, 6.45) is 3.42. The molecule has 1 aliphatic rings. The number of rotatable bonds is 3. The number of carbonyl (C=O) groups is 1. The molecule has 1 saturated heterocycles. The number of carboxylic acid groups (broad SMARTS) is 1. The number of aryl methyl sites for hydroxylation is 2. The molecule has 164 valence electrons. The van der Waals surface area contributed by atoms with Crippen LogP contribution in [0.3, 0.4) is 0 Å². The highest BCUT2D eigenvalue weighted by molar-refractivity contribution is 5.67. The Kier molecular flexibility index (Phi) is 4.58. The summed E-state index contributed by atoms with van der Waals surface area (Å²) in [5.41, 5.74) is 4.91. The van der Waals surface area contributed by atoms with Crippen LogP contribution in [0.15, 0.2) is 41.5 Å². The van der Waals surface area contributed by atoms with Crippen LogP contribution in [0.4, 0.5) is 10.5 Å². The van der Waals surface area contributed by atoms with E-state index in [2.05, 4.69) is 20.0 Å². The summed E-state index contributed by atoms with van der Waals surface area (Å²) in [5, 5.41) is 13.8. The molecule has 0 saturated carbocycles. The van der Waals surface area contributed by atoms with Crippen molar-refractivity contribution in [2.24, 2.45) is 0 Å². The Labute approximate surface area is 183 Å². The molecule has 4 aromatic rings. The van der Waals surface area contributed by atoms with E-state index in [1.54, 1.807) is 23.8 Å². The van der Waals surface area contributed by atoms with Gasteiger partial charge in [-0.05, 0) is 38.5 Å². The topological polar surface area (TPSA) is 108 Å². The summed E-state index contributed by atoms with van der Waals surface area (Å²) in [7, 11) is 1.59. The van der Waals surface area contributed by atoms with Gasteiger partial charge < -0.3 is 14.9 Å². The van der Waals surface area contributed by atoms with Crippen molar-refractivity contribution >= 4 is 22.9 Å². The van der Waals surface area contributed by atoms with Gasteiger partial charge in [-0.15, -0.1) is 0 Å². The second-order valence-corrected chi connectivity index (χ2v) is 8.20. The molecule has 0 spiro atoms. The zero-order valence-electron chi connectivity index (χ0n) is 18.1. The number of amides is 1. The number of fused-ring (bicyclic) bond motifs is 2. The first-order chi connectivity index (χ1) is 15.3. The van der Waals surface area contributed by atoms with E-state index in [4.69, 9.17) is 0 Å². The van der Waals surface area contributed by atoms with Gasteiger partial charge in [-0.1, -0.05) is 0 Å². The smallest absolute Gasteiger partial charge is 0.407 e. The summed E-state index contributed by atoms with van der Waals surface area (Å²) < 4.78 is 3.28. The summed E-state index contributed by atoms with van der Waals surface area (Å²) in [6.45, 7) is 5.15. The third-order valence-corrected chi connectivity index (χ3v) is 6.04. The number of likely N-dealkylation sites (N-methyl/N-ethyl adjacent to an activating group) is 1. The molecule has 1 N–H and O–H groups in total. The van der Waals surface area contributed by atoms with Gasteiger partial charge in [0.05, 0.1) is 40.5 Å². The number of hydrogen-bond acceptors (Lipinski definition) is 6. The fourth-order valence-electron chi connectivity index (χ4n) is 4.27. The van der Waals surface area contributed by atoms with Gasteiger partial charge in [0.15, 0.2) is 0 Å². The summed E-state index contributed by atoms with van der Waals surface area (Å²) >= 11 is 0. The summed E-state index contributed by atoms with van der Waals surface area (Å²) in [6, 6.07) is 7.02. The van der Waals surface area contributed by atoms with E-state index in [0.717, 1.165) is 35.6 Å². The lowest BCUT2D eigenvalue weighted by Gasteiger charge is -2.23. The first-order valence-electron chi connectivity index (χ1n) is 10.4. The maximum Gasteiger partial charge on any atom is 0.407 e. The highest BCUT2D eigenvalue weighted by Gasteiger charge is 2.28. The van der Waals surface area contributed by atoms with E-state index in [1.807, 2.05) is 32.2 Å². The third kappa shape index (κ3) is 3.33. The molecule has 1 amide bonds. The van der Waals surface area contributed by atoms with Gasteiger partial charge in [-0.2, -0.15) is 5.10 Å². The van der Waals surface area contributed by atoms with E-state index in [1.165, 1.54) is 15.4 Å². The molecule has 1 atom stereocenters. The molecule has 0 aliphatic carbocycles. The van der Waals surface area contributed by atoms with Crippen LogP contribution < -0.4 is 10.5 Å². The first-order valence-corrected chi connectivity index (χ1v) is 10.4. The van der Waals surface area contributed by atoms with Crippen molar-refractivity contribution in [1.82, 2.24) is 28.9 Å². The van der Waals surface area contributed by atoms with E-state index >= 15 is 0 Å². The molecule has 0 radical (unpaired) electrons. The van der Waals surface area contributed by atoms with Gasteiger partial charge >= 0.3 is 6.09 Å². The predicted octanol–water partition coefficient (Wildman–Crippen LogP) is 2.21. The van der Waals surface area contributed by atoms with E-state index in [0.29, 0.717) is 23.6 Å². The monoisotopic (exact) mass is 433 g/mol. The zero-order chi connectivity index (χ0) is 22.6. The van der Waals surface area contributed by atoms with Crippen LogP contribution in [0.2, 0.25) is 0 Å². The number of pyridine rings is 1. The van der Waals surface area contributed by atoms with Crippen LogP contribution in [0.1, 0.15) is 17.8 Å². The molecule has 0 aromatic carbocycles. The van der Waals surface area contributed by atoms with Crippen molar-refractivity contribution in [3.63, 3.8) is 0 Å². The minimum Gasteiger partial charge on any atom is -0.465 e. The first kappa shape index (κ1) is 20.0. The molecule has 1 unspecified atom stereocenters. The molecule has 4 aromatic heterocycles. The minimum atomic E-state index is -0.934. The average molecular weight is 433 g/mol. The molecule has 0 bridgehead atoms. The summed E-state index contributed by atoms with van der Waals surface area (Å²) in [5.74, 6) is 0. The Hall–Kier alpha value is -3.95. The molecular weight excluding hydrogens is 410 g/mol. The number of aromatic nitrogens is 5. The molecule has 10 nitrogen and oxygen atoms in total. The van der Waals surface area contributed by atoms with E-state index in [9.17, 15) is 14.7 Å². The molecule has 1 aliphatic heterocycles. The maximum absolute atomic E-state index is 12.9. The van der Waals surface area contributed by atoms with Crippen molar-refractivity contribution in [1.29, 1.82) is 0 Å². The highest BCUT2D eigenvalue weighted by Crippen LogP contribution is 2.24. The van der Waals surface area contributed by atoms with Gasteiger partial charge in [-0.3, -0.25) is 14.2 Å². The van der Waals surface area contributed by atoms with Crippen LogP contribution >= 0.6 is 0 Å². The lowest BCUT2D eigenvalue weighted by Crippen LogP contribution is -2.38. The van der Waals surface area contributed by atoms with Crippen LogP contribution in [-0.2, 0) is 0 Å². The largest absolute Gasteiger partial charge is 0.465 e. The highest BCUT2D eigenvalue weighted by atomic mass is 16.4. The van der Waals surface area contributed by atoms with Gasteiger partial charge in [0, 0.05) is 32.4 Å². The fourth-order valence-corrected chi connectivity index (χ4v) is 4.27. The second-order valence-electron chi connectivity index (χ2n) is 8.20. The molecule has 5 heterocycles. The molecule has 32 heavy (non-hydrogen) atoms. The van der Waals surface area contributed by atoms with Crippen molar-refractivity contribution < 1.29 is 9.90 Å². The Morgan fingerprint density at radius 1 is 1.16 bits per heavy atom. The van der Waals surface area contributed by atoms with Crippen molar-refractivity contribution in [3.8, 4) is 11.4 Å². The molecule has 5 rings (SSSR count). The number of hydrogen-bond donors (Lipinski definition) is 1. The Morgan fingerprint density at radius 3 is 2.75 bits per heavy atom. The Morgan fingerprint density at radius 2 is 1.97 bits per heavy atom. The van der Waals surface area contributed by atoms with Gasteiger partial charge in [0.25, 0.3) is 5.56 Å². The third-order valence-electron chi connectivity index (χ3n) is 6.04. The van der Waals surface area contributed by atoms with Crippen molar-refractivity contribution in [2.75, 3.05) is 25.0 Å². The summed E-state index contributed by atoms with van der Waals surface area (Å²) in [4.78, 5) is 36.7. The molecule has 10 heteroatoms. The van der Waals surface area contributed by atoms with E-state index in [-0.39, 0.29) is 11.6 Å². The number of nitrogens with zero attached hydrogens (tertiary/aromatic N) is 7. The minimum absolute atomic E-state index is 0.0722. The van der Waals surface area contributed by atoms with E-state index < -0.39 is 6.09 Å². The van der Waals surface area contributed by atoms with Crippen LogP contribution in [0, 0.1) is 13.8 Å². The normalized spacial score (nSPS) is 16.2. The predicted molar refractivity (Wildman–Crippen MR) is 119 cm³/mol. The quantitative estimate of drug-likeness (QED) is 0.528. The standard InChI is InChI=1S/C22H23N7O3/c1-13-10-29-19(14(2)23-13)8-18(25-29)17-9-21(30)28-12-16(4-5-20(28)24-17)27-7-6-15(11-27)26(3)22(31)32/h4-5,8-10,12,15H,6-7,11H2,1-3H3,(H,31,32). The van der Waals surface area contributed by atoms with Crippen LogP contribution in [0.5, 0.6) is 0 Å². The van der Waals surface area contributed by atoms with Gasteiger partial charge in [0.2, 0.25) is 0 Å². The average Bonchev–Trinajstić information content (AvgIpc) is 3.40. The second kappa shape index (κ2) is 7.33. The lowest BCUT2D eigenvalue weighted by molar-refractivity contribution is 0.142. The van der Waals surface area contributed by atoms with Crippen LogP contribution in [0.25, 0.3) is 22.6 Å². The van der Waals surface area contributed by atoms with Gasteiger partial charge in [0.1, 0.15) is 11.3 Å². The Balaban J connectivity index is 1.49. The maximum atomic E-state index is 12.9. The molecule has 1 fully saturated rings. The lowest BCUT2D eigenvalue weighted by atomic mass is 10.2. The zero-order valence-corrected chi connectivity index (χ0v) is 18.1. The van der Waals surface area contributed by atoms with Gasteiger partial charge in [-0.25, -0.2) is 14.3 Å².